The number of nitrogens with zero attached hydrogens (tertiary/aromatic N) is 1. The molecule has 31 heavy (non-hydrogen) atoms. The molecule has 0 unspecified atom stereocenters. The summed E-state index contributed by atoms with van der Waals surface area (Å²) in [6, 6.07) is 9.14. The Kier molecular flexibility index (Phi) is 5.08. The average molecular weight is 440 g/mol. The second kappa shape index (κ2) is 7.90. The highest BCUT2D eigenvalue weighted by atomic mass is 35.5. The van der Waals surface area contributed by atoms with Gasteiger partial charge in [0.25, 0.3) is 0 Å². The number of halogens is 1. The molecule has 1 aromatic heterocycles. The fourth-order valence-electron chi connectivity index (χ4n) is 4.16. The molecule has 2 aromatic carbocycles. The largest absolute Gasteiger partial charge is 0.454 e. The van der Waals surface area contributed by atoms with Crippen molar-refractivity contribution in [3.63, 3.8) is 0 Å². The number of hydrogen-bond acceptors (Lipinski definition) is 5. The van der Waals surface area contributed by atoms with Crippen LogP contribution in [-0.4, -0.2) is 35.7 Å². The van der Waals surface area contributed by atoms with E-state index in [2.05, 4.69) is 10.3 Å². The predicted octanol–water partition coefficient (Wildman–Crippen LogP) is 2.89. The predicted molar refractivity (Wildman–Crippen MR) is 118 cm³/mol. The van der Waals surface area contributed by atoms with Gasteiger partial charge in [-0.3, -0.25) is 14.5 Å². The number of carbonyl (C=O) groups excluding carboxylic acids is 1. The Morgan fingerprint density at radius 1 is 1.23 bits per heavy atom. The summed E-state index contributed by atoms with van der Waals surface area (Å²) in [5.41, 5.74) is 4.28. The first kappa shape index (κ1) is 19.9. The lowest BCUT2D eigenvalue weighted by Gasteiger charge is -2.28. The summed E-state index contributed by atoms with van der Waals surface area (Å²) in [4.78, 5) is 31.0. The summed E-state index contributed by atoms with van der Waals surface area (Å²) in [5.74, 6) is 1.33. The molecule has 5 rings (SSSR count). The smallest absolute Gasteiger partial charge is 0.234 e. The molecular weight excluding hydrogens is 418 g/mol. The number of fused-ring (bicyclic) bond motifs is 3. The van der Waals surface area contributed by atoms with Gasteiger partial charge in [-0.25, -0.2) is 0 Å². The van der Waals surface area contributed by atoms with Crippen LogP contribution < -0.4 is 20.2 Å². The van der Waals surface area contributed by atoms with Gasteiger partial charge in [0.2, 0.25) is 12.7 Å². The highest BCUT2D eigenvalue weighted by molar-refractivity contribution is 6.32. The Morgan fingerprint density at radius 2 is 2.06 bits per heavy atom. The fourth-order valence-corrected chi connectivity index (χ4v) is 4.32. The summed E-state index contributed by atoms with van der Waals surface area (Å²) in [6.07, 6.45) is 0.682. The first-order valence-electron chi connectivity index (χ1n) is 10.2. The van der Waals surface area contributed by atoms with Gasteiger partial charge in [-0.1, -0.05) is 17.7 Å². The number of hydrogen-bond donors (Lipinski definition) is 2. The molecule has 2 N–H and O–H groups in total. The van der Waals surface area contributed by atoms with Crippen molar-refractivity contribution in [3.05, 3.63) is 68.0 Å². The van der Waals surface area contributed by atoms with E-state index >= 15 is 0 Å². The number of aromatic nitrogens is 1. The van der Waals surface area contributed by atoms with Crippen LogP contribution in [0.1, 0.15) is 22.4 Å². The van der Waals surface area contributed by atoms with Crippen molar-refractivity contribution in [1.82, 2.24) is 15.2 Å². The number of carbonyl (C=O) groups is 1. The number of ether oxygens (including phenoxy) is 2. The van der Waals surface area contributed by atoms with Crippen molar-refractivity contribution < 1.29 is 14.3 Å². The van der Waals surface area contributed by atoms with Gasteiger partial charge in [0.1, 0.15) is 0 Å². The highest BCUT2D eigenvalue weighted by Gasteiger charge is 2.23. The lowest BCUT2D eigenvalue weighted by atomic mass is 10.0. The average Bonchev–Trinajstić information content (AvgIpc) is 3.24. The van der Waals surface area contributed by atoms with Gasteiger partial charge in [0.15, 0.2) is 16.9 Å². The third-order valence-electron chi connectivity index (χ3n) is 5.91. The molecule has 0 aliphatic carbocycles. The normalized spacial score (nSPS) is 15.2. The number of pyridine rings is 1. The minimum atomic E-state index is -0.0824. The molecule has 3 aromatic rings. The zero-order valence-corrected chi connectivity index (χ0v) is 17.8. The van der Waals surface area contributed by atoms with Crippen LogP contribution in [0.4, 0.5) is 0 Å². The van der Waals surface area contributed by atoms with E-state index in [1.54, 1.807) is 12.1 Å². The minimum absolute atomic E-state index is 0.00832. The SMILES string of the molecule is Cc1c(Cl)ccc2c(=O)c3c([nH]c12)CCN(CC(=O)NCc1ccc2c(c1)OCO2)C3. The molecule has 2 aliphatic rings. The number of aromatic amines is 1. The molecule has 2 aliphatic heterocycles. The standard InChI is InChI=1S/C23H22ClN3O4/c1-13-17(24)4-3-15-22(13)26-18-6-7-27(10-16(18)23(15)29)11-21(28)25-9-14-2-5-19-20(8-14)31-12-30-19/h2-5,8H,6-7,9-12H2,1H3,(H,25,28)(H,26,29). The summed E-state index contributed by atoms with van der Waals surface area (Å²) in [6.45, 7) is 3.92. The van der Waals surface area contributed by atoms with E-state index in [9.17, 15) is 9.59 Å². The number of H-pyrrole nitrogens is 1. The number of rotatable bonds is 4. The van der Waals surface area contributed by atoms with Gasteiger partial charge in [-0.15, -0.1) is 0 Å². The number of nitrogens with one attached hydrogen (secondary N) is 2. The quantitative estimate of drug-likeness (QED) is 0.653. The zero-order chi connectivity index (χ0) is 21.5. The monoisotopic (exact) mass is 439 g/mol. The second-order valence-electron chi connectivity index (χ2n) is 7.93. The van der Waals surface area contributed by atoms with E-state index in [4.69, 9.17) is 21.1 Å². The molecule has 0 bridgehead atoms. The topological polar surface area (TPSA) is 83.7 Å². The van der Waals surface area contributed by atoms with Gasteiger partial charge in [-0.05, 0) is 42.3 Å². The molecule has 160 valence electrons. The van der Waals surface area contributed by atoms with Crippen LogP contribution in [-0.2, 0) is 24.3 Å². The minimum Gasteiger partial charge on any atom is -0.454 e. The molecule has 0 saturated carbocycles. The molecule has 0 spiro atoms. The number of benzene rings is 2. The van der Waals surface area contributed by atoms with Crippen LogP contribution in [0.3, 0.4) is 0 Å². The number of aryl methyl sites for hydroxylation is 1. The maximum atomic E-state index is 13.1. The Hall–Kier alpha value is -3.03. The molecule has 7 nitrogen and oxygen atoms in total. The summed E-state index contributed by atoms with van der Waals surface area (Å²) < 4.78 is 10.7. The first-order chi connectivity index (χ1) is 15.0. The Balaban J connectivity index is 1.26. The number of amides is 1. The Bertz CT molecular complexity index is 1250. The van der Waals surface area contributed by atoms with E-state index in [-0.39, 0.29) is 24.7 Å². The van der Waals surface area contributed by atoms with Gasteiger partial charge in [-0.2, -0.15) is 0 Å². The molecule has 0 fully saturated rings. The second-order valence-corrected chi connectivity index (χ2v) is 8.34. The van der Waals surface area contributed by atoms with Crippen molar-refractivity contribution in [3.8, 4) is 11.5 Å². The van der Waals surface area contributed by atoms with E-state index in [1.165, 1.54) is 0 Å². The molecule has 3 heterocycles. The van der Waals surface area contributed by atoms with Gasteiger partial charge in [0.05, 0.1) is 12.1 Å². The van der Waals surface area contributed by atoms with E-state index in [0.717, 1.165) is 33.7 Å². The van der Waals surface area contributed by atoms with Crippen LogP contribution >= 0.6 is 11.6 Å². The lowest BCUT2D eigenvalue weighted by molar-refractivity contribution is -0.122. The third kappa shape index (κ3) is 3.75. The van der Waals surface area contributed by atoms with Crippen molar-refractivity contribution in [1.29, 1.82) is 0 Å². The Labute approximate surface area is 183 Å². The van der Waals surface area contributed by atoms with Crippen LogP contribution in [0.15, 0.2) is 35.1 Å². The lowest BCUT2D eigenvalue weighted by Crippen LogP contribution is -2.41. The molecule has 0 radical (unpaired) electrons. The summed E-state index contributed by atoms with van der Waals surface area (Å²) in [7, 11) is 0. The van der Waals surface area contributed by atoms with Crippen molar-refractivity contribution in [2.45, 2.75) is 26.4 Å². The van der Waals surface area contributed by atoms with Crippen LogP contribution in [0, 0.1) is 6.92 Å². The fraction of sp³-hybridized carbons (Fsp3) is 0.304. The van der Waals surface area contributed by atoms with Gasteiger partial charge < -0.3 is 19.8 Å². The molecule has 1 amide bonds. The van der Waals surface area contributed by atoms with Crippen molar-refractivity contribution in [2.24, 2.45) is 0 Å². The summed E-state index contributed by atoms with van der Waals surface area (Å²) in [5, 5.41) is 4.21. The first-order valence-corrected chi connectivity index (χ1v) is 10.6. The van der Waals surface area contributed by atoms with Crippen LogP contribution in [0.2, 0.25) is 5.02 Å². The van der Waals surface area contributed by atoms with Crippen LogP contribution in [0.25, 0.3) is 10.9 Å². The zero-order valence-electron chi connectivity index (χ0n) is 17.1. The van der Waals surface area contributed by atoms with Gasteiger partial charge in [0, 0.05) is 47.7 Å². The molecule has 8 heteroatoms. The van der Waals surface area contributed by atoms with Crippen molar-refractivity contribution in [2.75, 3.05) is 19.9 Å². The van der Waals surface area contributed by atoms with E-state index < -0.39 is 0 Å². The summed E-state index contributed by atoms with van der Waals surface area (Å²) >= 11 is 6.22. The third-order valence-corrected chi connectivity index (χ3v) is 6.32. The van der Waals surface area contributed by atoms with E-state index in [0.29, 0.717) is 42.2 Å². The molecule has 0 saturated heterocycles. The maximum Gasteiger partial charge on any atom is 0.234 e. The van der Waals surface area contributed by atoms with E-state index in [1.807, 2.05) is 30.0 Å². The van der Waals surface area contributed by atoms with Gasteiger partial charge >= 0.3 is 0 Å². The van der Waals surface area contributed by atoms with Crippen LogP contribution in [0.5, 0.6) is 11.5 Å². The highest BCUT2D eigenvalue weighted by Crippen LogP contribution is 2.32. The molecule has 0 atom stereocenters. The Morgan fingerprint density at radius 3 is 2.94 bits per heavy atom. The maximum absolute atomic E-state index is 13.1. The molecular formula is C23H22ClN3O4. The van der Waals surface area contributed by atoms with Crippen molar-refractivity contribution >= 4 is 28.4 Å².